The van der Waals surface area contributed by atoms with E-state index in [4.69, 9.17) is 25.8 Å². The average molecular weight is 438 g/mol. The van der Waals surface area contributed by atoms with Gasteiger partial charge in [-0.1, -0.05) is 29.8 Å². The second-order valence-electron chi connectivity index (χ2n) is 5.98. The van der Waals surface area contributed by atoms with Crippen LogP contribution in [0.1, 0.15) is 12.0 Å². The van der Waals surface area contributed by atoms with Crippen LogP contribution in [-0.4, -0.2) is 45.0 Å². The number of esters is 1. The van der Waals surface area contributed by atoms with E-state index in [2.05, 4.69) is 5.32 Å². The van der Waals surface area contributed by atoms with Crippen molar-refractivity contribution in [1.82, 2.24) is 5.32 Å². The number of thioether (sulfide) groups is 1. The minimum Gasteiger partial charge on any atom is -0.493 e. The zero-order chi connectivity index (χ0) is 21.1. The van der Waals surface area contributed by atoms with Gasteiger partial charge in [0, 0.05) is 17.2 Å². The first kappa shape index (κ1) is 22.9. The van der Waals surface area contributed by atoms with E-state index in [0.717, 1.165) is 10.5 Å². The number of methoxy groups -OCH3 is 2. The summed E-state index contributed by atoms with van der Waals surface area (Å²) in [5.74, 6) is 1.07. The average Bonchev–Trinajstić information content (AvgIpc) is 2.73. The molecule has 8 heteroatoms. The first-order valence-electron chi connectivity index (χ1n) is 9.04. The zero-order valence-corrected chi connectivity index (χ0v) is 18.0. The number of amides is 1. The third kappa shape index (κ3) is 7.87. The molecule has 2 aromatic carbocycles. The Morgan fingerprint density at radius 1 is 1.07 bits per heavy atom. The van der Waals surface area contributed by atoms with Crippen LogP contribution in [0.4, 0.5) is 0 Å². The third-order valence-corrected chi connectivity index (χ3v) is 5.47. The maximum atomic E-state index is 11.8. The molecular formula is C21H24ClNO5S. The lowest BCUT2D eigenvalue weighted by Gasteiger charge is -2.10. The minimum atomic E-state index is -0.417. The Balaban J connectivity index is 1.63. The van der Waals surface area contributed by atoms with Crippen molar-refractivity contribution in [3.05, 3.63) is 53.1 Å². The second-order valence-corrected chi connectivity index (χ2v) is 7.52. The highest BCUT2D eigenvalue weighted by Gasteiger charge is 2.09. The summed E-state index contributed by atoms with van der Waals surface area (Å²) in [5.41, 5.74) is 0.997. The third-order valence-electron chi connectivity index (χ3n) is 3.95. The molecule has 0 aliphatic heterocycles. The smallest absolute Gasteiger partial charge is 0.307 e. The molecule has 1 amide bonds. The standard InChI is InChI=1S/C21H24ClNO5S/c1-26-17-8-7-15(13-18(17)27-2)9-11-23-20(24)14-28-21(25)10-12-29-19-6-4-3-5-16(19)22/h3-8,13H,9-12,14H2,1-2H3,(H,23,24). The number of hydrogen-bond donors (Lipinski definition) is 1. The monoisotopic (exact) mass is 437 g/mol. The van der Waals surface area contributed by atoms with Crippen LogP contribution in [0, 0.1) is 0 Å². The number of rotatable bonds is 11. The van der Waals surface area contributed by atoms with E-state index in [0.29, 0.717) is 35.2 Å². The summed E-state index contributed by atoms with van der Waals surface area (Å²) in [5, 5.41) is 3.38. The van der Waals surface area contributed by atoms with Crippen molar-refractivity contribution in [2.24, 2.45) is 0 Å². The van der Waals surface area contributed by atoms with Gasteiger partial charge in [-0.25, -0.2) is 0 Å². The van der Waals surface area contributed by atoms with E-state index in [-0.39, 0.29) is 18.9 Å². The lowest BCUT2D eigenvalue weighted by Crippen LogP contribution is -2.30. The van der Waals surface area contributed by atoms with E-state index in [1.54, 1.807) is 20.3 Å². The Bertz CT molecular complexity index is 830. The first-order chi connectivity index (χ1) is 14.0. The van der Waals surface area contributed by atoms with Crippen LogP contribution >= 0.6 is 23.4 Å². The molecule has 0 radical (unpaired) electrons. The number of carbonyl (C=O) groups excluding carboxylic acids is 2. The molecule has 0 spiro atoms. The molecule has 2 rings (SSSR count). The van der Waals surface area contributed by atoms with Crippen LogP contribution in [-0.2, 0) is 20.7 Å². The molecule has 0 fully saturated rings. The predicted octanol–water partition coefficient (Wildman–Crippen LogP) is 3.74. The van der Waals surface area contributed by atoms with Gasteiger partial charge >= 0.3 is 5.97 Å². The van der Waals surface area contributed by atoms with Crippen molar-refractivity contribution >= 4 is 35.2 Å². The van der Waals surface area contributed by atoms with Gasteiger partial charge in [0.05, 0.1) is 25.7 Å². The van der Waals surface area contributed by atoms with Crippen molar-refractivity contribution < 1.29 is 23.8 Å². The maximum absolute atomic E-state index is 11.8. The van der Waals surface area contributed by atoms with Crippen molar-refractivity contribution in [3.63, 3.8) is 0 Å². The highest BCUT2D eigenvalue weighted by molar-refractivity contribution is 7.99. The maximum Gasteiger partial charge on any atom is 0.307 e. The predicted molar refractivity (Wildman–Crippen MR) is 114 cm³/mol. The molecule has 156 valence electrons. The Hall–Kier alpha value is -2.38. The summed E-state index contributed by atoms with van der Waals surface area (Å²) in [4.78, 5) is 24.5. The van der Waals surface area contributed by atoms with Crippen LogP contribution in [0.15, 0.2) is 47.4 Å². The van der Waals surface area contributed by atoms with Gasteiger partial charge in [0.2, 0.25) is 0 Å². The molecule has 6 nitrogen and oxygen atoms in total. The van der Waals surface area contributed by atoms with Crippen molar-refractivity contribution in [2.45, 2.75) is 17.7 Å². The van der Waals surface area contributed by atoms with Crippen LogP contribution in [0.2, 0.25) is 5.02 Å². The molecule has 0 atom stereocenters. The summed E-state index contributed by atoms with van der Waals surface area (Å²) >= 11 is 7.54. The van der Waals surface area contributed by atoms with E-state index < -0.39 is 5.97 Å². The number of carbonyl (C=O) groups is 2. The fourth-order valence-electron chi connectivity index (χ4n) is 2.46. The number of ether oxygens (including phenoxy) is 3. The number of benzene rings is 2. The number of halogens is 1. The van der Waals surface area contributed by atoms with Crippen LogP contribution < -0.4 is 14.8 Å². The van der Waals surface area contributed by atoms with Crippen molar-refractivity contribution in [1.29, 1.82) is 0 Å². The zero-order valence-electron chi connectivity index (χ0n) is 16.4. The van der Waals surface area contributed by atoms with Crippen LogP contribution in [0.3, 0.4) is 0 Å². The van der Waals surface area contributed by atoms with Gasteiger partial charge in [-0.05, 0) is 36.2 Å². The first-order valence-corrected chi connectivity index (χ1v) is 10.4. The second kappa shape index (κ2) is 12.2. The van der Waals surface area contributed by atoms with Gasteiger partial charge < -0.3 is 19.5 Å². The lowest BCUT2D eigenvalue weighted by atomic mass is 10.1. The summed E-state index contributed by atoms with van der Waals surface area (Å²) in [6, 6.07) is 13.0. The van der Waals surface area contributed by atoms with Gasteiger partial charge in [0.25, 0.3) is 5.91 Å². The van der Waals surface area contributed by atoms with Gasteiger partial charge in [-0.2, -0.15) is 0 Å². The highest BCUT2D eigenvalue weighted by Crippen LogP contribution is 2.28. The van der Waals surface area contributed by atoms with E-state index in [1.165, 1.54) is 11.8 Å². The SMILES string of the molecule is COc1ccc(CCNC(=O)COC(=O)CCSc2ccccc2Cl)cc1OC. The molecule has 1 N–H and O–H groups in total. The van der Waals surface area contributed by atoms with Gasteiger partial charge in [-0.3, -0.25) is 9.59 Å². The summed E-state index contributed by atoms with van der Waals surface area (Å²) < 4.78 is 15.5. The molecule has 0 unspecified atom stereocenters. The topological polar surface area (TPSA) is 73.9 Å². The van der Waals surface area contributed by atoms with Gasteiger partial charge in [-0.15, -0.1) is 11.8 Å². The molecule has 0 aromatic heterocycles. The summed E-state index contributed by atoms with van der Waals surface area (Å²) in [6.45, 7) is 0.135. The van der Waals surface area contributed by atoms with Crippen LogP contribution in [0.25, 0.3) is 0 Å². The molecule has 2 aromatic rings. The van der Waals surface area contributed by atoms with Crippen molar-refractivity contribution in [3.8, 4) is 11.5 Å². The normalized spacial score (nSPS) is 10.3. The fourth-order valence-corrected chi connectivity index (χ4v) is 3.63. The van der Waals surface area contributed by atoms with Crippen LogP contribution in [0.5, 0.6) is 11.5 Å². The Morgan fingerprint density at radius 2 is 1.83 bits per heavy atom. The van der Waals surface area contributed by atoms with E-state index in [9.17, 15) is 9.59 Å². The quantitative estimate of drug-likeness (QED) is 0.426. The Labute approximate surface area is 179 Å². The molecule has 0 bridgehead atoms. The lowest BCUT2D eigenvalue weighted by molar-refractivity contribution is -0.148. The van der Waals surface area contributed by atoms with Gasteiger partial charge in [0.15, 0.2) is 18.1 Å². The molecule has 0 saturated heterocycles. The Kier molecular flexibility index (Phi) is 9.67. The number of nitrogens with one attached hydrogen (secondary N) is 1. The summed E-state index contributed by atoms with van der Waals surface area (Å²) in [6.07, 6.45) is 0.823. The molecule has 0 heterocycles. The van der Waals surface area contributed by atoms with E-state index >= 15 is 0 Å². The van der Waals surface area contributed by atoms with E-state index in [1.807, 2.05) is 36.4 Å². The minimum absolute atomic E-state index is 0.203. The van der Waals surface area contributed by atoms with Crippen molar-refractivity contribution in [2.75, 3.05) is 33.1 Å². The summed E-state index contributed by atoms with van der Waals surface area (Å²) in [7, 11) is 3.15. The fraction of sp³-hybridized carbons (Fsp3) is 0.333. The number of hydrogen-bond acceptors (Lipinski definition) is 6. The largest absolute Gasteiger partial charge is 0.493 e. The molecule has 29 heavy (non-hydrogen) atoms. The Morgan fingerprint density at radius 3 is 2.55 bits per heavy atom. The van der Waals surface area contributed by atoms with Gasteiger partial charge in [0.1, 0.15) is 0 Å². The molecule has 0 saturated carbocycles. The molecular weight excluding hydrogens is 414 g/mol. The molecule has 0 aliphatic carbocycles. The molecule has 0 aliphatic rings. The highest BCUT2D eigenvalue weighted by atomic mass is 35.5.